The van der Waals surface area contributed by atoms with E-state index in [1.807, 2.05) is 0 Å². The third-order valence-electron chi connectivity index (χ3n) is 8.47. The fourth-order valence-electron chi connectivity index (χ4n) is 7.09. The number of fused-ring (bicyclic) bond motifs is 5. The van der Waals surface area contributed by atoms with Crippen molar-refractivity contribution in [1.29, 1.82) is 0 Å². The van der Waals surface area contributed by atoms with Crippen LogP contribution in [0.2, 0.25) is 0 Å². The summed E-state index contributed by atoms with van der Waals surface area (Å²) in [6.07, 6.45) is 12.2. The van der Waals surface area contributed by atoms with Gasteiger partial charge in [-0.2, -0.15) is 0 Å². The first-order valence-electron chi connectivity index (χ1n) is 9.57. The second-order valence-electron chi connectivity index (χ2n) is 9.32. The Morgan fingerprint density at radius 2 is 1.78 bits per heavy atom. The summed E-state index contributed by atoms with van der Waals surface area (Å²) in [6.45, 7) is 6.64. The van der Waals surface area contributed by atoms with Crippen molar-refractivity contribution in [2.45, 2.75) is 65.7 Å². The van der Waals surface area contributed by atoms with Crippen molar-refractivity contribution in [2.24, 2.45) is 40.4 Å². The van der Waals surface area contributed by atoms with E-state index in [0.717, 1.165) is 31.6 Å². The lowest BCUT2D eigenvalue weighted by Crippen LogP contribution is -2.52. The first-order valence-corrected chi connectivity index (χ1v) is 9.57. The lowest BCUT2D eigenvalue weighted by Gasteiger charge is -2.57. The number of hydrogen-bond acceptors (Lipinski definition) is 2. The molecule has 0 aromatic heterocycles. The molecule has 0 N–H and O–H groups in total. The summed E-state index contributed by atoms with van der Waals surface area (Å²) in [5.74, 6) is 3.61. The highest BCUT2D eigenvalue weighted by molar-refractivity contribution is 5.80. The summed E-state index contributed by atoms with van der Waals surface area (Å²) >= 11 is 0. The first kappa shape index (κ1) is 15.6. The van der Waals surface area contributed by atoms with Crippen molar-refractivity contribution >= 4 is 11.6 Å². The normalized spacial score (nSPS) is 51.8. The Kier molecular flexibility index (Phi) is 3.42. The number of Topliss-reactive ketones (excluding diaryl/α,β-unsaturated/α-hetero) is 2. The molecule has 0 bridgehead atoms. The maximum absolute atomic E-state index is 12.1. The van der Waals surface area contributed by atoms with E-state index in [1.54, 1.807) is 6.92 Å². The zero-order chi connectivity index (χ0) is 16.4. The van der Waals surface area contributed by atoms with Crippen LogP contribution in [0.1, 0.15) is 65.7 Å². The Labute approximate surface area is 140 Å². The van der Waals surface area contributed by atoms with E-state index in [4.69, 9.17) is 0 Å². The van der Waals surface area contributed by atoms with Gasteiger partial charge in [-0.15, -0.1) is 0 Å². The molecule has 7 atom stereocenters. The molecule has 3 saturated carbocycles. The van der Waals surface area contributed by atoms with Crippen LogP contribution in [-0.4, -0.2) is 11.6 Å². The second kappa shape index (κ2) is 5.04. The van der Waals surface area contributed by atoms with Gasteiger partial charge in [-0.1, -0.05) is 26.0 Å². The molecule has 0 aliphatic heterocycles. The summed E-state index contributed by atoms with van der Waals surface area (Å²) in [5, 5.41) is 0. The molecule has 0 aromatic carbocycles. The first-order chi connectivity index (χ1) is 10.9. The standard InChI is InChI=1S/C21H30O2/c1-13(22)17-6-7-18-16-5-4-14-12-15(23)8-10-20(14,2)19(16)9-11-21(17,18)3/h4-5,14,16-19H,6-12H2,1-3H3/t14-,16-,17+,18-,19-,20+,21-/m1/s1. The maximum Gasteiger partial charge on any atom is 0.133 e. The number of ketones is 2. The predicted molar refractivity (Wildman–Crippen MR) is 90.8 cm³/mol. The Morgan fingerprint density at radius 1 is 1.04 bits per heavy atom. The lowest BCUT2D eigenvalue weighted by atomic mass is 9.46. The molecule has 0 saturated heterocycles. The minimum Gasteiger partial charge on any atom is -0.300 e. The van der Waals surface area contributed by atoms with Crippen LogP contribution >= 0.6 is 0 Å². The summed E-state index contributed by atoms with van der Waals surface area (Å²) < 4.78 is 0. The molecule has 23 heavy (non-hydrogen) atoms. The van der Waals surface area contributed by atoms with Gasteiger partial charge in [0.15, 0.2) is 0 Å². The SMILES string of the molecule is CC(=O)[C@@H]1CC[C@@H]2[C@H]3C=C[C@@H]4CC(=O)CC[C@]4(C)[C@@H]3CC[C@@]21C. The number of allylic oxidation sites excluding steroid dienone is 2. The summed E-state index contributed by atoms with van der Waals surface area (Å²) in [5.41, 5.74) is 0.522. The van der Waals surface area contributed by atoms with E-state index < -0.39 is 0 Å². The third-order valence-corrected chi connectivity index (χ3v) is 8.47. The van der Waals surface area contributed by atoms with Crippen molar-refractivity contribution in [2.75, 3.05) is 0 Å². The molecule has 0 radical (unpaired) electrons. The van der Waals surface area contributed by atoms with Gasteiger partial charge in [-0.05, 0) is 73.5 Å². The van der Waals surface area contributed by atoms with E-state index in [-0.39, 0.29) is 11.3 Å². The maximum atomic E-state index is 12.1. The van der Waals surface area contributed by atoms with Gasteiger partial charge in [0, 0.05) is 18.8 Å². The van der Waals surface area contributed by atoms with Crippen LogP contribution < -0.4 is 0 Å². The number of carbonyl (C=O) groups excluding carboxylic acids is 2. The van der Waals surface area contributed by atoms with Crippen molar-refractivity contribution in [3.63, 3.8) is 0 Å². The van der Waals surface area contributed by atoms with E-state index >= 15 is 0 Å². The van der Waals surface area contributed by atoms with E-state index in [1.165, 1.54) is 19.3 Å². The van der Waals surface area contributed by atoms with Gasteiger partial charge in [0.25, 0.3) is 0 Å². The number of rotatable bonds is 1. The molecular weight excluding hydrogens is 284 g/mol. The van der Waals surface area contributed by atoms with Gasteiger partial charge in [0.2, 0.25) is 0 Å². The quantitative estimate of drug-likeness (QED) is 0.664. The minimum absolute atomic E-state index is 0.213. The van der Waals surface area contributed by atoms with Crippen LogP contribution in [0.25, 0.3) is 0 Å². The molecule has 2 heteroatoms. The van der Waals surface area contributed by atoms with E-state index in [9.17, 15) is 9.59 Å². The van der Waals surface area contributed by atoms with Gasteiger partial charge in [0.1, 0.15) is 11.6 Å². The van der Waals surface area contributed by atoms with Gasteiger partial charge >= 0.3 is 0 Å². The molecule has 4 aliphatic rings. The Hall–Kier alpha value is -0.920. The molecule has 2 nitrogen and oxygen atoms in total. The molecule has 0 aromatic rings. The molecule has 0 spiro atoms. The fraction of sp³-hybridized carbons (Fsp3) is 0.810. The molecule has 4 aliphatic carbocycles. The monoisotopic (exact) mass is 314 g/mol. The molecule has 126 valence electrons. The summed E-state index contributed by atoms with van der Waals surface area (Å²) in [4.78, 5) is 24.0. The largest absolute Gasteiger partial charge is 0.300 e. The van der Waals surface area contributed by atoms with Gasteiger partial charge in [-0.3, -0.25) is 9.59 Å². The molecule has 0 amide bonds. The van der Waals surface area contributed by atoms with Crippen LogP contribution in [-0.2, 0) is 9.59 Å². The van der Waals surface area contributed by atoms with Crippen molar-refractivity contribution in [1.82, 2.24) is 0 Å². The second-order valence-corrected chi connectivity index (χ2v) is 9.32. The van der Waals surface area contributed by atoms with Crippen LogP contribution in [0, 0.1) is 40.4 Å². The van der Waals surface area contributed by atoms with Crippen molar-refractivity contribution in [3.8, 4) is 0 Å². The van der Waals surface area contributed by atoms with Gasteiger partial charge in [-0.25, -0.2) is 0 Å². The van der Waals surface area contributed by atoms with Crippen LogP contribution in [0.4, 0.5) is 0 Å². The summed E-state index contributed by atoms with van der Waals surface area (Å²) in [7, 11) is 0. The van der Waals surface area contributed by atoms with Crippen LogP contribution in [0.3, 0.4) is 0 Å². The number of carbonyl (C=O) groups is 2. The molecule has 0 unspecified atom stereocenters. The smallest absolute Gasteiger partial charge is 0.133 e. The molecule has 3 fully saturated rings. The zero-order valence-electron chi connectivity index (χ0n) is 14.8. The van der Waals surface area contributed by atoms with E-state index in [2.05, 4.69) is 26.0 Å². The van der Waals surface area contributed by atoms with E-state index in [0.29, 0.717) is 34.7 Å². The highest BCUT2D eigenvalue weighted by Gasteiger charge is 2.59. The van der Waals surface area contributed by atoms with Crippen molar-refractivity contribution in [3.05, 3.63) is 12.2 Å². The minimum atomic E-state index is 0.213. The third kappa shape index (κ3) is 2.06. The topological polar surface area (TPSA) is 34.1 Å². The van der Waals surface area contributed by atoms with Gasteiger partial charge < -0.3 is 0 Å². The van der Waals surface area contributed by atoms with Gasteiger partial charge in [0.05, 0.1) is 0 Å². The molecule has 4 rings (SSSR count). The number of hydrogen-bond donors (Lipinski definition) is 0. The Bertz CT molecular complexity index is 576. The predicted octanol–water partition coefficient (Wildman–Crippen LogP) is 4.58. The zero-order valence-corrected chi connectivity index (χ0v) is 14.8. The molecule has 0 heterocycles. The Morgan fingerprint density at radius 3 is 2.52 bits per heavy atom. The fourth-order valence-corrected chi connectivity index (χ4v) is 7.09. The Balaban J connectivity index is 1.68. The summed E-state index contributed by atoms with van der Waals surface area (Å²) in [6, 6.07) is 0. The van der Waals surface area contributed by atoms with Crippen LogP contribution in [0.5, 0.6) is 0 Å². The van der Waals surface area contributed by atoms with Crippen LogP contribution in [0.15, 0.2) is 12.2 Å². The lowest BCUT2D eigenvalue weighted by molar-refractivity contribution is -0.132. The highest BCUT2D eigenvalue weighted by Crippen LogP contribution is 2.65. The average molecular weight is 314 g/mol. The highest BCUT2D eigenvalue weighted by atomic mass is 16.1. The van der Waals surface area contributed by atoms with Crippen molar-refractivity contribution < 1.29 is 9.59 Å². The average Bonchev–Trinajstić information content (AvgIpc) is 2.85. The molecular formula is C21H30O2.